The molecule has 0 aliphatic heterocycles. The minimum Gasteiger partial charge on any atom is -0.625 e. The van der Waals surface area contributed by atoms with Crippen LogP contribution in [0, 0.1) is 10.4 Å². The van der Waals surface area contributed by atoms with E-state index in [1.54, 1.807) is 47.6 Å². The van der Waals surface area contributed by atoms with Crippen LogP contribution < -0.4 is 5.16 Å². The van der Waals surface area contributed by atoms with Gasteiger partial charge in [0.25, 0.3) is 0 Å². The number of hydrogen-bond donors (Lipinski definition) is 1. The highest BCUT2D eigenvalue weighted by molar-refractivity contribution is 5.90. The molecule has 0 aliphatic rings. The molecule has 0 spiro atoms. The number of nitrogens with one attached hydrogen (secondary N) is 1. The Kier molecular flexibility index (Phi) is 3.71. The van der Waals surface area contributed by atoms with Gasteiger partial charge in [-0.15, -0.1) is 0 Å². The average molecular weight is 240 g/mol. The lowest BCUT2D eigenvalue weighted by Crippen LogP contribution is -2.60. The van der Waals surface area contributed by atoms with Crippen LogP contribution in [0.1, 0.15) is 11.1 Å². The zero-order valence-electron chi connectivity index (χ0n) is 9.61. The van der Waals surface area contributed by atoms with Crippen molar-refractivity contribution >= 4 is 18.1 Å². The van der Waals surface area contributed by atoms with Crippen LogP contribution in [-0.2, 0) is 0 Å². The minimum absolute atomic E-state index is 0.544. The monoisotopic (exact) mass is 240 g/mol. The third kappa shape index (κ3) is 2.74. The van der Waals surface area contributed by atoms with Crippen molar-refractivity contribution in [1.82, 2.24) is 0 Å². The van der Waals surface area contributed by atoms with Crippen LogP contribution in [0.25, 0.3) is 0 Å². The molecule has 90 valence electrons. The molecule has 0 saturated heterocycles. The Morgan fingerprint density at radius 3 is 2.17 bits per heavy atom. The molecular weight excluding hydrogens is 228 g/mol. The summed E-state index contributed by atoms with van der Waals surface area (Å²) in [5.41, 5.74) is 1.89. The van der Waals surface area contributed by atoms with Gasteiger partial charge in [0.2, 0.25) is 5.69 Å². The van der Waals surface area contributed by atoms with Gasteiger partial charge in [0.05, 0.1) is 11.1 Å². The molecule has 0 saturated carbocycles. The summed E-state index contributed by atoms with van der Waals surface area (Å²) in [6.07, 6.45) is 2.75. The highest BCUT2D eigenvalue weighted by Gasteiger charge is 2.04. The molecule has 0 aromatic heterocycles. The van der Waals surface area contributed by atoms with Gasteiger partial charge in [-0.05, 0) is 12.1 Å². The second-order valence-corrected chi connectivity index (χ2v) is 3.68. The Balaban J connectivity index is 2.39. The first-order valence-corrected chi connectivity index (χ1v) is 5.47. The van der Waals surface area contributed by atoms with Crippen LogP contribution in [0.2, 0.25) is 0 Å². The summed E-state index contributed by atoms with van der Waals surface area (Å²) in [6.45, 7) is 0. The number of benzene rings is 2. The molecule has 1 N–H and O–H groups in total. The molecule has 2 aromatic rings. The fourth-order valence-electron chi connectivity index (χ4n) is 1.60. The normalized spacial score (nSPS) is 11.9. The van der Waals surface area contributed by atoms with Gasteiger partial charge in [-0.1, -0.05) is 30.3 Å². The van der Waals surface area contributed by atoms with E-state index in [0.717, 1.165) is 4.74 Å². The van der Waals surface area contributed by atoms with Gasteiger partial charge in [-0.3, -0.25) is 0 Å². The summed E-state index contributed by atoms with van der Waals surface area (Å²) in [6, 6.07) is 16.0. The number of rotatable bonds is 3. The highest BCUT2D eigenvalue weighted by Crippen LogP contribution is 2.10. The van der Waals surface area contributed by atoms with Gasteiger partial charge >= 0.3 is 0 Å². The molecule has 0 unspecified atom stereocenters. The Morgan fingerprint density at radius 2 is 1.50 bits per heavy atom. The van der Waals surface area contributed by atoms with Crippen molar-refractivity contribution in [3.8, 4) is 0 Å². The predicted molar refractivity (Wildman–Crippen MR) is 70.8 cm³/mol. The van der Waals surface area contributed by atoms with E-state index in [4.69, 9.17) is 0 Å². The van der Waals surface area contributed by atoms with E-state index >= 15 is 0 Å². The van der Waals surface area contributed by atoms with Crippen LogP contribution in [0.4, 0.5) is 5.69 Å². The largest absolute Gasteiger partial charge is 0.625 e. The van der Waals surface area contributed by atoms with Crippen molar-refractivity contribution in [2.24, 2.45) is 0 Å². The first kappa shape index (κ1) is 11.9. The molecule has 0 bridgehead atoms. The van der Waals surface area contributed by atoms with Crippen molar-refractivity contribution in [2.75, 3.05) is 0 Å². The van der Waals surface area contributed by atoms with Crippen molar-refractivity contribution < 1.29 is 9.89 Å². The van der Waals surface area contributed by atoms with Crippen molar-refractivity contribution in [3.05, 3.63) is 76.1 Å². The van der Waals surface area contributed by atoms with Gasteiger partial charge in [0, 0.05) is 12.1 Å². The summed E-state index contributed by atoms with van der Waals surface area (Å²) < 4.78 is 0.775. The highest BCUT2D eigenvalue weighted by atomic mass is 16.5. The maximum absolute atomic E-state index is 11.9. The quantitative estimate of drug-likeness (QED) is 0.375. The third-order valence-corrected chi connectivity index (χ3v) is 2.48. The molecule has 4 heteroatoms. The minimum atomic E-state index is 0.544. The molecule has 2 rings (SSSR count). The van der Waals surface area contributed by atoms with Crippen molar-refractivity contribution in [3.63, 3.8) is 0 Å². The van der Waals surface area contributed by atoms with Crippen LogP contribution in [0.3, 0.4) is 0 Å². The Bertz CT molecular complexity index is 577. The van der Waals surface area contributed by atoms with Gasteiger partial charge in [0.15, 0.2) is 12.4 Å². The Hall–Kier alpha value is -2.62. The fourth-order valence-corrected chi connectivity index (χ4v) is 1.60. The average Bonchev–Trinajstić information content (AvgIpc) is 2.42. The second kappa shape index (κ2) is 5.63. The van der Waals surface area contributed by atoms with E-state index in [2.05, 4.69) is 0 Å². The lowest BCUT2D eigenvalue weighted by atomic mass is 10.1. The zero-order chi connectivity index (χ0) is 12.8. The smallest absolute Gasteiger partial charge is 0.216 e. The van der Waals surface area contributed by atoms with Crippen LogP contribution in [0.5, 0.6) is 0 Å². The Morgan fingerprint density at radius 1 is 0.889 bits per heavy atom. The SMILES string of the molecule is [O-][NH+]=Cc1ccccc1C=[N+]([O-])c1ccccc1. The lowest BCUT2D eigenvalue weighted by molar-refractivity contribution is -0.366. The first-order valence-electron chi connectivity index (χ1n) is 5.47. The molecule has 0 aliphatic carbocycles. The second-order valence-electron chi connectivity index (χ2n) is 3.68. The fraction of sp³-hybridized carbons (Fsp3) is 0. The summed E-state index contributed by atoms with van der Waals surface area (Å²) in [5.74, 6) is 0. The van der Waals surface area contributed by atoms with E-state index < -0.39 is 0 Å². The summed E-state index contributed by atoms with van der Waals surface area (Å²) in [4.78, 5) is 0. The molecule has 2 aromatic carbocycles. The standard InChI is InChI=1S/C14H12N2O2/c17-15-10-12-6-4-5-7-13(12)11-16(18)14-8-2-1-3-9-14/h1-11,15H. The van der Waals surface area contributed by atoms with Gasteiger partial charge in [-0.2, -0.15) is 4.74 Å². The molecule has 0 fully saturated rings. The number of para-hydroxylation sites is 1. The van der Waals surface area contributed by atoms with Crippen LogP contribution in [0.15, 0.2) is 54.6 Å². The first-order chi connectivity index (χ1) is 8.81. The molecule has 18 heavy (non-hydrogen) atoms. The molecule has 0 amide bonds. The topological polar surface area (TPSA) is 63.1 Å². The van der Waals surface area contributed by atoms with E-state index in [1.165, 1.54) is 12.4 Å². The summed E-state index contributed by atoms with van der Waals surface area (Å²) in [7, 11) is 0. The van der Waals surface area contributed by atoms with Gasteiger partial charge in [-0.25, -0.2) is 5.16 Å². The molecular formula is C14H12N2O2. The summed E-state index contributed by atoms with van der Waals surface area (Å²) >= 11 is 0. The predicted octanol–water partition coefficient (Wildman–Crippen LogP) is 0.945. The molecule has 4 nitrogen and oxygen atoms in total. The third-order valence-electron chi connectivity index (χ3n) is 2.48. The van der Waals surface area contributed by atoms with Gasteiger partial charge in [0.1, 0.15) is 0 Å². The van der Waals surface area contributed by atoms with Crippen LogP contribution >= 0.6 is 0 Å². The summed E-state index contributed by atoms with van der Waals surface area (Å²) in [5, 5.41) is 24.0. The van der Waals surface area contributed by atoms with Crippen molar-refractivity contribution in [2.45, 2.75) is 0 Å². The van der Waals surface area contributed by atoms with E-state index in [1.807, 2.05) is 12.1 Å². The van der Waals surface area contributed by atoms with Gasteiger partial charge < -0.3 is 10.4 Å². The van der Waals surface area contributed by atoms with E-state index in [-0.39, 0.29) is 0 Å². The maximum atomic E-state index is 11.9. The maximum Gasteiger partial charge on any atom is 0.216 e. The molecule has 0 atom stereocenters. The Labute approximate surface area is 105 Å². The van der Waals surface area contributed by atoms with Crippen molar-refractivity contribution in [1.29, 1.82) is 0 Å². The number of hydrogen-bond acceptors (Lipinski definition) is 2. The van der Waals surface area contributed by atoms with Crippen LogP contribution in [-0.4, -0.2) is 17.2 Å². The van der Waals surface area contributed by atoms with E-state index in [9.17, 15) is 10.4 Å². The van der Waals surface area contributed by atoms with E-state index in [0.29, 0.717) is 16.8 Å². The number of nitrogens with zero attached hydrogens (tertiary/aromatic N) is 1. The molecule has 0 radical (unpaired) electrons. The zero-order valence-corrected chi connectivity index (χ0v) is 9.61. The lowest BCUT2D eigenvalue weighted by Gasteiger charge is -2.03. The molecule has 0 heterocycles.